The van der Waals surface area contributed by atoms with Crippen LogP contribution in [0.5, 0.6) is 0 Å². The molecule has 2 heterocycles. The van der Waals surface area contributed by atoms with Gasteiger partial charge < -0.3 is 23.7 Å². The molecule has 4 rings (SSSR count). The summed E-state index contributed by atoms with van der Waals surface area (Å²) in [7, 11) is 4.62. The molecule has 10 heteroatoms. The van der Waals surface area contributed by atoms with Crippen LogP contribution in [0.3, 0.4) is 0 Å². The summed E-state index contributed by atoms with van der Waals surface area (Å²) in [5, 5.41) is 0. The standard InChI is InChI=1S/C24H20O10/c1-30-21(26)14-8-10-5-11(9-15(18(14)25)22(27)31-2)7-13-12(6-10)19-16(23(28)32-3)17(20(13)34-19)24(29)33-4/h6-9,19-20H,5H2,1-4H3/t19-,20+. The zero-order valence-corrected chi connectivity index (χ0v) is 18.8. The molecule has 0 aromatic heterocycles. The lowest BCUT2D eigenvalue weighted by molar-refractivity contribution is -0.139. The number of ether oxygens (including phenoxy) is 5. The quantitative estimate of drug-likeness (QED) is 0.331. The predicted molar refractivity (Wildman–Crippen MR) is 113 cm³/mol. The number of hydrogen-bond acceptors (Lipinski definition) is 10. The fraction of sp³-hybridized carbons (Fsp3) is 0.292. The van der Waals surface area contributed by atoms with E-state index in [9.17, 15) is 24.0 Å². The Morgan fingerprint density at radius 3 is 1.41 bits per heavy atom. The van der Waals surface area contributed by atoms with E-state index in [0.29, 0.717) is 22.3 Å². The lowest BCUT2D eigenvalue weighted by Crippen LogP contribution is -2.25. The summed E-state index contributed by atoms with van der Waals surface area (Å²) in [6.45, 7) is 0. The molecule has 2 aliphatic carbocycles. The van der Waals surface area contributed by atoms with Crippen LogP contribution in [0.25, 0.3) is 0 Å². The van der Waals surface area contributed by atoms with Crippen LogP contribution < -0.4 is 0 Å². The summed E-state index contributed by atoms with van der Waals surface area (Å²) in [6.07, 6.45) is 4.46. The molecule has 4 bridgehead atoms. The second-order valence-corrected chi connectivity index (χ2v) is 7.66. The summed E-state index contributed by atoms with van der Waals surface area (Å²) in [5.41, 5.74) is 1.54. The highest BCUT2D eigenvalue weighted by Gasteiger charge is 2.51. The first-order valence-electron chi connectivity index (χ1n) is 10.1. The number of Topliss-reactive ketones (excluding diaryl/α,β-unsaturated/α-hetero) is 1. The number of ketones is 1. The van der Waals surface area contributed by atoms with E-state index in [1.165, 1.54) is 26.4 Å². The van der Waals surface area contributed by atoms with Crippen LogP contribution >= 0.6 is 0 Å². The molecule has 176 valence electrons. The fourth-order valence-electron chi connectivity index (χ4n) is 4.38. The highest BCUT2D eigenvalue weighted by molar-refractivity contribution is 6.33. The number of rotatable bonds is 4. The van der Waals surface area contributed by atoms with Gasteiger partial charge in [0.25, 0.3) is 0 Å². The van der Waals surface area contributed by atoms with Gasteiger partial charge in [-0.15, -0.1) is 0 Å². The number of methoxy groups -OCH3 is 4. The Labute approximate surface area is 193 Å². The van der Waals surface area contributed by atoms with E-state index in [1.807, 2.05) is 0 Å². The molecule has 0 spiro atoms. The molecular weight excluding hydrogens is 448 g/mol. The largest absolute Gasteiger partial charge is 0.466 e. The van der Waals surface area contributed by atoms with Crippen molar-refractivity contribution >= 4 is 29.7 Å². The Morgan fingerprint density at radius 2 is 1.06 bits per heavy atom. The van der Waals surface area contributed by atoms with Crippen molar-refractivity contribution in [3.63, 3.8) is 0 Å². The minimum atomic E-state index is -0.918. The van der Waals surface area contributed by atoms with E-state index in [4.69, 9.17) is 23.7 Å². The van der Waals surface area contributed by atoms with Crippen LogP contribution in [0, 0.1) is 0 Å². The Balaban J connectivity index is 1.93. The maximum atomic E-state index is 13.0. The molecule has 0 radical (unpaired) electrons. The summed E-state index contributed by atoms with van der Waals surface area (Å²) in [4.78, 5) is 62.7. The van der Waals surface area contributed by atoms with Crippen molar-refractivity contribution in [2.24, 2.45) is 0 Å². The van der Waals surface area contributed by atoms with Crippen molar-refractivity contribution in [2.45, 2.75) is 18.6 Å². The van der Waals surface area contributed by atoms with Crippen molar-refractivity contribution in [3.05, 3.63) is 68.9 Å². The Hall–Kier alpha value is -4.05. The first-order valence-corrected chi connectivity index (χ1v) is 10.1. The van der Waals surface area contributed by atoms with E-state index in [1.54, 1.807) is 12.2 Å². The van der Waals surface area contributed by atoms with Gasteiger partial charge in [0.2, 0.25) is 5.78 Å². The normalized spacial score (nSPS) is 22.9. The van der Waals surface area contributed by atoms with Crippen molar-refractivity contribution in [3.8, 4) is 0 Å². The number of fused-ring (bicyclic) bond motifs is 6. The second-order valence-electron chi connectivity index (χ2n) is 7.66. The average Bonchev–Trinajstić information content (AvgIpc) is 3.31. The minimum absolute atomic E-state index is 0.0273. The summed E-state index contributed by atoms with van der Waals surface area (Å²) in [6, 6.07) is 0. The smallest absolute Gasteiger partial charge is 0.341 e. The summed E-state index contributed by atoms with van der Waals surface area (Å²) in [5.74, 6) is -4.15. The van der Waals surface area contributed by atoms with E-state index >= 15 is 0 Å². The van der Waals surface area contributed by atoms with Gasteiger partial charge in [-0.25, -0.2) is 19.2 Å². The molecule has 0 unspecified atom stereocenters. The molecule has 2 atom stereocenters. The third-order valence-corrected chi connectivity index (χ3v) is 5.84. The maximum Gasteiger partial charge on any atom is 0.341 e. The average molecular weight is 468 g/mol. The Bertz CT molecular complexity index is 1140. The number of carbonyl (C=O) groups excluding carboxylic acids is 5. The molecule has 2 aliphatic heterocycles. The van der Waals surface area contributed by atoms with Gasteiger partial charge in [-0.2, -0.15) is 0 Å². The van der Waals surface area contributed by atoms with Gasteiger partial charge in [-0.3, -0.25) is 4.79 Å². The van der Waals surface area contributed by atoms with Crippen LogP contribution in [0.4, 0.5) is 0 Å². The van der Waals surface area contributed by atoms with Gasteiger partial charge in [0, 0.05) is 0 Å². The monoisotopic (exact) mass is 468 g/mol. The zero-order chi connectivity index (χ0) is 24.7. The van der Waals surface area contributed by atoms with Crippen molar-refractivity contribution < 1.29 is 47.7 Å². The van der Waals surface area contributed by atoms with E-state index in [2.05, 4.69) is 0 Å². The van der Waals surface area contributed by atoms with E-state index in [0.717, 1.165) is 14.2 Å². The van der Waals surface area contributed by atoms with Gasteiger partial charge in [0.1, 0.15) is 23.4 Å². The molecule has 4 aliphatic rings. The molecule has 0 N–H and O–H groups in total. The van der Waals surface area contributed by atoms with Gasteiger partial charge in [0.05, 0.1) is 39.6 Å². The maximum absolute atomic E-state index is 13.0. The molecule has 0 fully saturated rings. The SMILES string of the molecule is COC(=O)C1=CC2=CC3=C(C=C(C=C(C(=O)OC)C1=O)C2)[C@@H]1O[C@H]3C(C(=O)OC)=C1C(=O)OC. The lowest BCUT2D eigenvalue weighted by atomic mass is 9.85. The number of hydrogen-bond donors (Lipinski definition) is 0. The summed E-state index contributed by atoms with van der Waals surface area (Å²) < 4.78 is 25.1. The van der Waals surface area contributed by atoms with Crippen molar-refractivity contribution in [2.75, 3.05) is 28.4 Å². The molecule has 0 amide bonds. The summed E-state index contributed by atoms with van der Waals surface area (Å²) >= 11 is 0. The van der Waals surface area contributed by atoms with Crippen LogP contribution in [-0.2, 0) is 47.7 Å². The molecule has 10 nitrogen and oxygen atoms in total. The number of allylic oxidation sites excluding steroid dienone is 4. The highest BCUT2D eigenvalue weighted by Crippen LogP contribution is 2.47. The van der Waals surface area contributed by atoms with Crippen LogP contribution in [0.1, 0.15) is 6.42 Å². The van der Waals surface area contributed by atoms with Crippen LogP contribution in [-0.4, -0.2) is 70.3 Å². The van der Waals surface area contributed by atoms with Crippen LogP contribution in [0.2, 0.25) is 0 Å². The fourth-order valence-corrected chi connectivity index (χ4v) is 4.38. The first-order chi connectivity index (χ1) is 16.2. The third-order valence-electron chi connectivity index (χ3n) is 5.84. The highest BCUT2D eigenvalue weighted by atomic mass is 16.6. The van der Waals surface area contributed by atoms with Gasteiger partial charge >= 0.3 is 23.9 Å². The molecule has 0 saturated heterocycles. The Morgan fingerprint density at radius 1 is 0.676 bits per heavy atom. The Kier molecular flexibility index (Phi) is 5.92. The van der Waals surface area contributed by atoms with Gasteiger partial charge in [0.15, 0.2) is 0 Å². The second kappa shape index (κ2) is 8.71. The third kappa shape index (κ3) is 3.52. The zero-order valence-electron chi connectivity index (χ0n) is 18.8. The molecule has 0 aromatic carbocycles. The molecule has 0 aromatic rings. The molecule has 0 saturated carbocycles. The van der Waals surface area contributed by atoms with E-state index in [-0.39, 0.29) is 28.7 Å². The van der Waals surface area contributed by atoms with E-state index < -0.39 is 41.9 Å². The van der Waals surface area contributed by atoms with Crippen molar-refractivity contribution in [1.29, 1.82) is 0 Å². The lowest BCUT2D eigenvalue weighted by Gasteiger charge is -2.17. The van der Waals surface area contributed by atoms with Crippen molar-refractivity contribution in [1.82, 2.24) is 0 Å². The van der Waals surface area contributed by atoms with Crippen LogP contribution in [0.15, 0.2) is 68.9 Å². The number of carbonyl (C=O) groups is 5. The molecular formula is C24H20O10. The van der Waals surface area contributed by atoms with Gasteiger partial charge in [-0.05, 0) is 40.9 Å². The minimum Gasteiger partial charge on any atom is -0.466 e. The number of esters is 4. The molecule has 34 heavy (non-hydrogen) atoms. The first kappa shape index (κ1) is 23.1. The topological polar surface area (TPSA) is 132 Å². The predicted octanol–water partition coefficient (Wildman–Crippen LogP) is 0.745. The van der Waals surface area contributed by atoms with Gasteiger partial charge in [-0.1, -0.05) is 12.2 Å².